The van der Waals surface area contributed by atoms with Gasteiger partial charge in [0.15, 0.2) is 11.6 Å². The fraction of sp³-hybridized carbons (Fsp3) is 0.409. The van der Waals surface area contributed by atoms with Crippen molar-refractivity contribution in [3.63, 3.8) is 0 Å². The van der Waals surface area contributed by atoms with Crippen LogP contribution in [-0.4, -0.2) is 109 Å². The second-order valence-corrected chi connectivity index (χ2v) is 20.4. The Hall–Kier alpha value is -4.06. The van der Waals surface area contributed by atoms with Gasteiger partial charge in [-0.05, 0) is 117 Å². The van der Waals surface area contributed by atoms with Crippen molar-refractivity contribution in [2.75, 3.05) is 52.6 Å². The lowest BCUT2D eigenvalue weighted by Crippen LogP contribution is -2.55. The average Bonchev–Trinajstić information content (AvgIpc) is 4.11. The van der Waals surface area contributed by atoms with Crippen molar-refractivity contribution in [3.05, 3.63) is 112 Å². The zero-order valence-electron chi connectivity index (χ0n) is 33.0. The van der Waals surface area contributed by atoms with Crippen LogP contribution in [0.25, 0.3) is 0 Å². The summed E-state index contributed by atoms with van der Waals surface area (Å²) in [5.41, 5.74) is 0.886. The van der Waals surface area contributed by atoms with E-state index >= 15 is 0 Å². The Morgan fingerprint density at radius 2 is 0.917 bits per heavy atom. The molecule has 0 spiro atoms. The van der Waals surface area contributed by atoms with Crippen LogP contribution in [0.4, 0.5) is 0 Å². The summed E-state index contributed by atoms with van der Waals surface area (Å²) >= 11 is 9.36. The van der Waals surface area contributed by atoms with Crippen LogP contribution in [0.5, 0.6) is 0 Å². The number of nitrogens with one attached hydrogen (secondary N) is 2. The minimum absolute atomic E-state index is 0.0420. The maximum Gasteiger partial charge on any atom is 0.262 e. The standard InChI is InChI=1S/2C22H23BrN2O4S/c2*23-19-8-7-17(30-19)20(27)24-22(9-12-29-14-22)18(26)13-15-3-5-16(6-4-15)21(28)25-10-1-2-11-25/h2*3-8H,1-2,9-14H2,(H,24,27)/t2*22-/m10/s1. The SMILES string of the molecule is O=C(N[C@@]1(C(=O)Cc2ccc(C(=O)N3CCCC3)cc2)CCOC1)c1ccc(Br)s1.O=C(N[C@]1(C(=O)Cc2ccc(C(=O)N3CCCC3)cc2)CCOC1)c1ccc(Br)s1. The number of amides is 4. The molecule has 0 unspecified atom stereocenters. The number of carbonyl (C=O) groups is 6. The highest BCUT2D eigenvalue weighted by molar-refractivity contribution is 9.11. The first-order valence-corrected chi connectivity index (χ1v) is 23.3. The lowest BCUT2D eigenvalue weighted by Gasteiger charge is -2.27. The molecule has 2 aromatic heterocycles. The third kappa shape index (κ3) is 10.5. The molecule has 4 saturated heterocycles. The monoisotopic (exact) mass is 980 g/mol. The van der Waals surface area contributed by atoms with Crippen LogP contribution in [0.15, 0.2) is 80.4 Å². The first-order valence-electron chi connectivity index (χ1n) is 20.1. The summed E-state index contributed by atoms with van der Waals surface area (Å²) in [4.78, 5) is 81.4. The fourth-order valence-electron chi connectivity index (χ4n) is 7.78. The Kier molecular flexibility index (Phi) is 14.5. The van der Waals surface area contributed by atoms with Crippen molar-refractivity contribution in [3.8, 4) is 0 Å². The number of halogens is 2. The zero-order chi connectivity index (χ0) is 42.3. The van der Waals surface area contributed by atoms with Crippen LogP contribution in [0, 0.1) is 0 Å². The van der Waals surface area contributed by atoms with Gasteiger partial charge >= 0.3 is 0 Å². The van der Waals surface area contributed by atoms with Crippen molar-refractivity contribution < 1.29 is 38.2 Å². The molecule has 2 aromatic carbocycles. The summed E-state index contributed by atoms with van der Waals surface area (Å²) in [5.74, 6) is -0.613. The summed E-state index contributed by atoms with van der Waals surface area (Å²) < 4.78 is 12.7. The number of rotatable bonds is 12. The Balaban J connectivity index is 0.000000181. The van der Waals surface area contributed by atoms with Gasteiger partial charge in [0.2, 0.25) is 0 Å². The lowest BCUT2D eigenvalue weighted by atomic mass is 9.88. The Bertz CT molecular complexity index is 2040. The molecule has 4 fully saturated rings. The van der Waals surface area contributed by atoms with E-state index in [1.807, 2.05) is 46.2 Å². The second kappa shape index (κ2) is 19.8. The van der Waals surface area contributed by atoms with Crippen LogP contribution in [0.2, 0.25) is 0 Å². The maximum atomic E-state index is 13.2. The Labute approximate surface area is 373 Å². The van der Waals surface area contributed by atoms with Gasteiger partial charge in [-0.25, -0.2) is 0 Å². The quantitative estimate of drug-likeness (QED) is 0.156. The highest BCUT2D eigenvalue weighted by Crippen LogP contribution is 2.28. The molecule has 60 heavy (non-hydrogen) atoms. The van der Waals surface area contributed by atoms with Crippen molar-refractivity contribution in [1.29, 1.82) is 0 Å². The maximum absolute atomic E-state index is 13.2. The van der Waals surface area contributed by atoms with Gasteiger partial charge in [-0.3, -0.25) is 28.8 Å². The van der Waals surface area contributed by atoms with Crippen LogP contribution in [0.3, 0.4) is 0 Å². The van der Waals surface area contributed by atoms with Crippen molar-refractivity contribution in [2.24, 2.45) is 0 Å². The predicted molar refractivity (Wildman–Crippen MR) is 236 cm³/mol. The molecule has 316 valence electrons. The molecule has 4 aromatic rings. The van der Waals surface area contributed by atoms with E-state index in [-0.39, 0.29) is 61.3 Å². The molecule has 16 heteroatoms. The molecule has 2 N–H and O–H groups in total. The Morgan fingerprint density at radius 3 is 1.22 bits per heavy atom. The van der Waals surface area contributed by atoms with Gasteiger partial charge in [0.25, 0.3) is 23.6 Å². The second-order valence-electron chi connectivity index (χ2n) is 15.5. The molecular formula is C44H46Br2N4O8S2. The molecular weight excluding hydrogens is 936 g/mol. The summed E-state index contributed by atoms with van der Waals surface area (Å²) in [6.07, 6.45) is 5.47. The third-order valence-corrected chi connectivity index (χ3v) is 14.6. The topological polar surface area (TPSA) is 151 Å². The molecule has 0 bridgehead atoms. The third-order valence-electron chi connectivity index (χ3n) is 11.3. The summed E-state index contributed by atoms with van der Waals surface area (Å²) in [6, 6.07) is 21.5. The van der Waals surface area contributed by atoms with Crippen LogP contribution < -0.4 is 10.6 Å². The average molecular weight is 983 g/mol. The highest BCUT2D eigenvalue weighted by atomic mass is 79.9. The van der Waals surface area contributed by atoms with Gasteiger partial charge in [0, 0.05) is 76.2 Å². The van der Waals surface area contributed by atoms with Crippen LogP contribution in [-0.2, 0) is 31.9 Å². The van der Waals surface area contributed by atoms with E-state index in [0.717, 1.165) is 70.6 Å². The Morgan fingerprint density at radius 1 is 0.550 bits per heavy atom. The number of carbonyl (C=O) groups excluding carboxylic acids is 6. The normalized spacial score (nSPS) is 21.0. The number of nitrogens with zero attached hydrogens (tertiary/aromatic N) is 2. The summed E-state index contributed by atoms with van der Waals surface area (Å²) in [6.45, 7) is 4.45. The first kappa shape index (κ1) is 44.0. The molecule has 12 nitrogen and oxygen atoms in total. The minimum Gasteiger partial charge on any atom is -0.378 e. The number of Topliss-reactive ketones (excluding diaryl/α,β-unsaturated/α-hetero) is 2. The van der Waals surface area contributed by atoms with E-state index in [1.54, 1.807) is 36.4 Å². The first-order chi connectivity index (χ1) is 28.9. The van der Waals surface area contributed by atoms with Crippen LogP contribution >= 0.6 is 54.5 Å². The van der Waals surface area contributed by atoms with Crippen molar-refractivity contribution in [2.45, 2.75) is 62.4 Å². The number of hydrogen-bond donors (Lipinski definition) is 2. The fourth-order valence-corrected chi connectivity index (χ4v) is 10.3. The van der Waals surface area contributed by atoms with E-state index in [9.17, 15) is 28.8 Å². The lowest BCUT2D eigenvalue weighted by molar-refractivity contribution is -0.125. The number of hydrogen-bond acceptors (Lipinski definition) is 10. The molecule has 4 amide bonds. The number of likely N-dealkylation sites (tertiary alicyclic amines) is 2. The largest absolute Gasteiger partial charge is 0.378 e. The number of ketones is 2. The predicted octanol–water partition coefficient (Wildman–Crippen LogP) is 6.89. The highest BCUT2D eigenvalue weighted by Gasteiger charge is 2.44. The molecule has 0 radical (unpaired) electrons. The number of thiophene rings is 2. The zero-order valence-corrected chi connectivity index (χ0v) is 37.8. The number of benzene rings is 2. The molecule has 4 aliphatic heterocycles. The van der Waals surface area contributed by atoms with E-state index in [0.29, 0.717) is 46.9 Å². The van der Waals surface area contributed by atoms with Crippen molar-refractivity contribution in [1.82, 2.24) is 20.4 Å². The van der Waals surface area contributed by atoms with E-state index < -0.39 is 11.1 Å². The molecule has 4 aliphatic rings. The van der Waals surface area contributed by atoms with E-state index in [4.69, 9.17) is 9.47 Å². The van der Waals surface area contributed by atoms with Crippen LogP contribution in [0.1, 0.15) is 89.7 Å². The van der Waals surface area contributed by atoms with Gasteiger partial charge in [-0.1, -0.05) is 24.3 Å². The minimum atomic E-state index is -1.02. The van der Waals surface area contributed by atoms with Gasteiger partial charge in [-0.2, -0.15) is 0 Å². The molecule has 0 saturated carbocycles. The molecule has 8 rings (SSSR count). The van der Waals surface area contributed by atoms with E-state index in [2.05, 4.69) is 42.5 Å². The van der Waals surface area contributed by atoms with Gasteiger partial charge < -0.3 is 29.9 Å². The van der Waals surface area contributed by atoms with Crippen molar-refractivity contribution >= 4 is 89.7 Å². The molecule has 6 heterocycles. The van der Waals surface area contributed by atoms with Gasteiger partial charge in [0.1, 0.15) is 11.1 Å². The smallest absolute Gasteiger partial charge is 0.262 e. The van der Waals surface area contributed by atoms with Gasteiger partial charge in [-0.15, -0.1) is 22.7 Å². The molecule has 2 atom stereocenters. The summed E-state index contributed by atoms with van der Waals surface area (Å²) in [7, 11) is 0. The van der Waals surface area contributed by atoms with Gasteiger partial charge in [0.05, 0.1) is 30.5 Å². The number of ether oxygens (including phenoxy) is 2. The van der Waals surface area contributed by atoms with E-state index in [1.165, 1.54) is 22.7 Å². The summed E-state index contributed by atoms with van der Waals surface area (Å²) in [5, 5.41) is 5.85. The molecule has 0 aliphatic carbocycles.